The molecule has 1 aliphatic rings. The Morgan fingerprint density at radius 2 is 1.95 bits per heavy atom. The highest BCUT2D eigenvalue weighted by Crippen LogP contribution is 2.18. The molecule has 0 aliphatic carbocycles. The zero-order valence-electron chi connectivity index (χ0n) is 12.4. The van der Waals surface area contributed by atoms with Crippen molar-refractivity contribution in [2.75, 3.05) is 32.7 Å². The number of nitrogens with one attached hydrogen (secondary N) is 2. The molecular formula is C14H27N3O2. The van der Waals surface area contributed by atoms with Crippen LogP contribution in [0.3, 0.4) is 0 Å². The van der Waals surface area contributed by atoms with Crippen LogP contribution >= 0.6 is 0 Å². The lowest BCUT2D eigenvalue weighted by molar-refractivity contribution is -0.136. The number of hydrogen-bond acceptors (Lipinski definition) is 3. The summed E-state index contributed by atoms with van der Waals surface area (Å²) in [6.45, 7) is 9.60. The number of piperidine rings is 1. The number of nitrogens with zero attached hydrogens (tertiary/aromatic N) is 1. The Labute approximate surface area is 116 Å². The fourth-order valence-electron chi connectivity index (χ4n) is 2.41. The monoisotopic (exact) mass is 269 g/mol. The Bertz CT molecular complexity index is 299. The molecule has 0 saturated carbocycles. The summed E-state index contributed by atoms with van der Waals surface area (Å²) < 4.78 is 0. The van der Waals surface area contributed by atoms with Gasteiger partial charge in [0, 0.05) is 39.0 Å². The third-order valence-electron chi connectivity index (χ3n) is 3.69. The Hall–Kier alpha value is -1.10. The lowest BCUT2D eigenvalue weighted by atomic mass is 9.95. The van der Waals surface area contributed by atoms with Crippen LogP contribution in [0.1, 0.15) is 33.6 Å². The van der Waals surface area contributed by atoms with Crippen LogP contribution in [0.2, 0.25) is 0 Å². The Kier molecular flexibility index (Phi) is 6.84. The van der Waals surface area contributed by atoms with Gasteiger partial charge in [0.1, 0.15) is 0 Å². The van der Waals surface area contributed by atoms with Crippen LogP contribution in [0.25, 0.3) is 0 Å². The summed E-state index contributed by atoms with van der Waals surface area (Å²) in [6.07, 6.45) is 1.97. The highest BCUT2D eigenvalue weighted by atomic mass is 16.2. The van der Waals surface area contributed by atoms with E-state index in [2.05, 4.69) is 10.6 Å². The molecule has 1 heterocycles. The minimum Gasteiger partial charge on any atom is -0.356 e. The largest absolute Gasteiger partial charge is 0.356 e. The molecule has 110 valence electrons. The van der Waals surface area contributed by atoms with E-state index >= 15 is 0 Å². The van der Waals surface area contributed by atoms with Gasteiger partial charge in [0.2, 0.25) is 11.8 Å². The van der Waals surface area contributed by atoms with Crippen molar-refractivity contribution in [3.63, 3.8) is 0 Å². The van der Waals surface area contributed by atoms with Gasteiger partial charge in [-0.1, -0.05) is 13.8 Å². The SMILES string of the molecule is CCNCC(C)C(=O)N1CCC(CNC(C)=O)CC1. The van der Waals surface area contributed by atoms with E-state index in [4.69, 9.17) is 0 Å². The molecule has 19 heavy (non-hydrogen) atoms. The molecular weight excluding hydrogens is 242 g/mol. The van der Waals surface area contributed by atoms with Crippen LogP contribution in [-0.2, 0) is 9.59 Å². The fraction of sp³-hybridized carbons (Fsp3) is 0.857. The predicted octanol–water partition coefficient (Wildman–Crippen LogP) is 0.607. The van der Waals surface area contributed by atoms with Crippen molar-refractivity contribution in [3.8, 4) is 0 Å². The predicted molar refractivity (Wildman–Crippen MR) is 75.7 cm³/mol. The molecule has 1 rings (SSSR count). The zero-order chi connectivity index (χ0) is 14.3. The van der Waals surface area contributed by atoms with Crippen molar-refractivity contribution >= 4 is 11.8 Å². The molecule has 1 fully saturated rings. The second kappa shape index (κ2) is 8.15. The third kappa shape index (κ3) is 5.59. The highest BCUT2D eigenvalue weighted by Gasteiger charge is 2.25. The van der Waals surface area contributed by atoms with Crippen LogP contribution in [0.5, 0.6) is 0 Å². The maximum absolute atomic E-state index is 12.2. The van der Waals surface area contributed by atoms with E-state index in [0.717, 1.165) is 45.6 Å². The summed E-state index contributed by atoms with van der Waals surface area (Å²) in [5.74, 6) is 0.834. The summed E-state index contributed by atoms with van der Waals surface area (Å²) >= 11 is 0. The van der Waals surface area contributed by atoms with Gasteiger partial charge in [0.25, 0.3) is 0 Å². The maximum Gasteiger partial charge on any atom is 0.226 e. The lowest BCUT2D eigenvalue weighted by Crippen LogP contribution is -2.45. The van der Waals surface area contributed by atoms with E-state index in [1.54, 1.807) is 6.92 Å². The van der Waals surface area contributed by atoms with Gasteiger partial charge in [-0.15, -0.1) is 0 Å². The molecule has 1 unspecified atom stereocenters. The van der Waals surface area contributed by atoms with Gasteiger partial charge in [-0.2, -0.15) is 0 Å². The van der Waals surface area contributed by atoms with E-state index in [9.17, 15) is 9.59 Å². The van der Waals surface area contributed by atoms with E-state index in [1.165, 1.54) is 0 Å². The fourth-order valence-corrected chi connectivity index (χ4v) is 2.41. The molecule has 0 bridgehead atoms. The minimum absolute atomic E-state index is 0.0257. The van der Waals surface area contributed by atoms with Crippen molar-refractivity contribution in [1.82, 2.24) is 15.5 Å². The summed E-state index contributed by atoms with van der Waals surface area (Å²) in [5.41, 5.74) is 0. The van der Waals surface area contributed by atoms with Crippen molar-refractivity contribution in [3.05, 3.63) is 0 Å². The number of rotatable bonds is 6. The first kappa shape index (κ1) is 16.0. The molecule has 0 aromatic carbocycles. The molecule has 0 spiro atoms. The summed E-state index contributed by atoms with van der Waals surface area (Å²) in [6, 6.07) is 0. The molecule has 1 aliphatic heterocycles. The second-order valence-corrected chi connectivity index (χ2v) is 5.41. The minimum atomic E-state index is 0.0257. The van der Waals surface area contributed by atoms with Gasteiger partial charge < -0.3 is 15.5 Å². The average Bonchev–Trinajstić information content (AvgIpc) is 2.42. The van der Waals surface area contributed by atoms with Crippen molar-refractivity contribution in [1.29, 1.82) is 0 Å². The molecule has 0 aromatic heterocycles. The van der Waals surface area contributed by atoms with Crippen molar-refractivity contribution in [2.24, 2.45) is 11.8 Å². The number of amides is 2. The Morgan fingerprint density at radius 1 is 1.32 bits per heavy atom. The number of carbonyl (C=O) groups excluding carboxylic acids is 2. The van der Waals surface area contributed by atoms with Gasteiger partial charge in [0.05, 0.1) is 0 Å². The van der Waals surface area contributed by atoms with E-state index in [1.807, 2.05) is 18.7 Å². The molecule has 5 nitrogen and oxygen atoms in total. The van der Waals surface area contributed by atoms with E-state index < -0.39 is 0 Å². The molecule has 0 aromatic rings. The van der Waals surface area contributed by atoms with Gasteiger partial charge in [-0.25, -0.2) is 0 Å². The van der Waals surface area contributed by atoms with Crippen LogP contribution in [0.15, 0.2) is 0 Å². The third-order valence-corrected chi connectivity index (χ3v) is 3.69. The topological polar surface area (TPSA) is 61.4 Å². The Morgan fingerprint density at radius 3 is 2.47 bits per heavy atom. The van der Waals surface area contributed by atoms with Gasteiger partial charge in [-0.3, -0.25) is 9.59 Å². The quantitative estimate of drug-likeness (QED) is 0.742. The number of carbonyl (C=O) groups is 2. The van der Waals surface area contributed by atoms with Crippen LogP contribution < -0.4 is 10.6 Å². The molecule has 1 atom stereocenters. The van der Waals surface area contributed by atoms with Gasteiger partial charge in [0.15, 0.2) is 0 Å². The van der Waals surface area contributed by atoms with Crippen LogP contribution in [0.4, 0.5) is 0 Å². The van der Waals surface area contributed by atoms with Gasteiger partial charge >= 0.3 is 0 Å². The summed E-state index contributed by atoms with van der Waals surface area (Å²) in [7, 11) is 0. The smallest absolute Gasteiger partial charge is 0.226 e. The lowest BCUT2D eigenvalue weighted by Gasteiger charge is -2.33. The van der Waals surface area contributed by atoms with Crippen molar-refractivity contribution < 1.29 is 9.59 Å². The van der Waals surface area contributed by atoms with Gasteiger partial charge in [-0.05, 0) is 25.3 Å². The van der Waals surface area contributed by atoms with E-state index in [0.29, 0.717) is 5.92 Å². The average molecular weight is 269 g/mol. The molecule has 2 N–H and O–H groups in total. The molecule has 5 heteroatoms. The molecule has 2 amide bonds. The maximum atomic E-state index is 12.2. The normalized spacial score (nSPS) is 18.2. The number of likely N-dealkylation sites (tertiary alicyclic amines) is 1. The molecule has 1 saturated heterocycles. The van der Waals surface area contributed by atoms with Crippen LogP contribution in [0, 0.1) is 11.8 Å². The summed E-state index contributed by atoms with van der Waals surface area (Å²) in [4.78, 5) is 25.0. The van der Waals surface area contributed by atoms with Crippen molar-refractivity contribution in [2.45, 2.75) is 33.6 Å². The standard InChI is InChI=1S/C14H27N3O2/c1-4-15-9-11(2)14(19)17-7-5-13(6-8-17)10-16-12(3)18/h11,13,15H,4-10H2,1-3H3,(H,16,18). The summed E-state index contributed by atoms with van der Waals surface area (Å²) in [5, 5.41) is 6.07. The van der Waals surface area contributed by atoms with E-state index in [-0.39, 0.29) is 17.7 Å². The first-order valence-corrected chi connectivity index (χ1v) is 7.28. The second-order valence-electron chi connectivity index (χ2n) is 5.41. The first-order valence-electron chi connectivity index (χ1n) is 7.28. The number of hydrogen-bond donors (Lipinski definition) is 2. The highest BCUT2D eigenvalue weighted by molar-refractivity contribution is 5.78. The first-order chi connectivity index (χ1) is 9.04. The Balaban J connectivity index is 2.28. The van der Waals surface area contributed by atoms with Crippen LogP contribution in [-0.4, -0.2) is 49.4 Å². The zero-order valence-corrected chi connectivity index (χ0v) is 12.4. The molecule has 0 radical (unpaired) electrons.